The van der Waals surface area contributed by atoms with Gasteiger partial charge in [0.05, 0.1) is 5.39 Å². The molecule has 3 heterocycles. The first-order valence-electron chi connectivity index (χ1n) is 7.79. The lowest BCUT2D eigenvalue weighted by Crippen LogP contribution is -2.37. The van der Waals surface area contributed by atoms with Gasteiger partial charge in [-0.3, -0.25) is 18.7 Å². The number of anilines is 1. The molecule has 0 atom stereocenters. The maximum absolute atomic E-state index is 12.7. The molecule has 3 aromatic rings. The van der Waals surface area contributed by atoms with Gasteiger partial charge in [0, 0.05) is 21.1 Å². The van der Waals surface area contributed by atoms with Crippen molar-refractivity contribution in [1.29, 1.82) is 0 Å². The van der Waals surface area contributed by atoms with Crippen LogP contribution in [0.5, 0.6) is 0 Å². The van der Waals surface area contributed by atoms with Gasteiger partial charge < -0.3 is 14.4 Å². The summed E-state index contributed by atoms with van der Waals surface area (Å²) in [5.74, 6) is 0.0986. The van der Waals surface area contributed by atoms with E-state index in [0.29, 0.717) is 34.6 Å². The smallest absolute Gasteiger partial charge is 0.332 e. The second-order valence-corrected chi connectivity index (χ2v) is 5.90. The Morgan fingerprint density at radius 2 is 1.88 bits per heavy atom. The number of fused-ring (bicyclic) bond motifs is 1. The second kappa shape index (κ2) is 5.76. The van der Waals surface area contributed by atoms with Crippen LogP contribution >= 0.6 is 0 Å². The summed E-state index contributed by atoms with van der Waals surface area (Å²) < 4.78 is 9.00. The van der Waals surface area contributed by atoms with Crippen molar-refractivity contribution in [3.63, 3.8) is 0 Å². The first-order valence-corrected chi connectivity index (χ1v) is 7.79. The van der Waals surface area contributed by atoms with Gasteiger partial charge >= 0.3 is 5.69 Å². The maximum Gasteiger partial charge on any atom is 0.332 e. The van der Waals surface area contributed by atoms with Crippen LogP contribution < -0.4 is 16.6 Å². The van der Waals surface area contributed by atoms with Crippen molar-refractivity contribution in [2.45, 2.75) is 20.3 Å². The Morgan fingerprint density at radius 1 is 1.20 bits per heavy atom. The van der Waals surface area contributed by atoms with Crippen molar-refractivity contribution in [2.24, 2.45) is 21.1 Å². The van der Waals surface area contributed by atoms with E-state index in [4.69, 9.17) is 4.52 Å². The molecule has 0 unspecified atom stereocenters. The molecule has 0 aliphatic rings. The van der Waals surface area contributed by atoms with Gasteiger partial charge in [-0.2, -0.15) is 0 Å². The van der Waals surface area contributed by atoms with Crippen molar-refractivity contribution in [2.75, 3.05) is 5.32 Å². The largest absolute Gasteiger partial charge is 0.359 e. The zero-order valence-electron chi connectivity index (χ0n) is 14.7. The molecule has 25 heavy (non-hydrogen) atoms. The molecule has 1 N–H and O–H groups in total. The SMILES string of the molecule is CCc1noc(C)c1NC(=O)c1cc2c(=O)n(C)c(=O)n(C)c2n1C. The molecule has 0 saturated carbocycles. The third-order valence-corrected chi connectivity index (χ3v) is 4.37. The molecule has 1 amide bonds. The number of nitrogens with zero attached hydrogens (tertiary/aromatic N) is 4. The molecule has 3 aromatic heterocycles. The average molecular weight is 345 g/mol. The number of hydrogen-bond acceptors (Lipinski definition) is 5. The summed E-state index contributed by atoms with van der Waals surface area (Å²) in [5, 5.41) is 6.99. The maximum atomic E-state index is 12.7. The zero-order valence-corrected chi connectivity index (χ0v) is 14.7. The molecule has 9 heteroatoms. The van der Waals surface area contributed by atoms with Crippen LogP contribution in [0.2, 0.25) is 0 Å². The summed E-state index contributed by atoms with van der Waals surface area (Å²) in [6.07, 6.45) is 0.608. The van der Waals surface area contributed by atoms with Gasteiger partial charge in [0.2, 0.25) is 0 Å². The van der Waals surface area contributed by atoms with Gasteiger partial charge in [-0.1, -0.05) is 12.1 Å². The standard InChI is InChI=1S/C16H19N5O4/c1-6-10-12(8(2)25-18-10)17-13(22)11-7-9-14(19(11)3)20(4)16(24)21(5)15(9)23/h7H,6H2,1-5H3,(H,17,22). The third-order valence-electron chi connectivity index (χ3n) is 4.37. The van der Waals surface area contributed by atoms with E-state index in [1.807, 2.05) is 6.92 Å². The highest BCUT2D eigenvalue weighted by atomic mass is 16.5. The third kappa shape index (κ3) is 2.39. The summed E-state index contributed by atoms with van der Waals surface area (Å²) in [6, 6.07) is 1.49. The van der Waals surface area contributed by atoms with E-state index in [0.717, 1.165) is 4.57 Å². The van der Waals surface area contributed by atoms with Crippen LogP contribution in [0.4, 0.5) is 5.69 Å². The monoisotopic (exact) mass is 345 g/mol. The molecule has 3 rings (SSSR count). The number of amides is 1. The number of hydrogen-bond donors (Lipinski definition) is 1. The van der Waals surface area contributed by atoms with Crippen molar-refractivity contribution in [3.05, 3.63) is 44.1 Å². The molecule has 9 nitrogen and oxygen atoms in total. The molecule has 0 radical (unpaired) electrons. The molecular weight excluding hydrogens is 326 g/mol. The minimum absolute atomic E-state index is 0.260. The lowest BCUT2D eigenvalue weighted by Gasteiger charge is -2.08. The van der Waals surface area contributed by atoms with Crippen molar-refractivity contribution in [1.82, 2.24) is 18.9 Å². The first-order chi connectivity index (χ1) is 11.8. The molecule has 0 bridgehead atoms. The van der Waals surface area contributed by atoms with Crippen molar-refractivity contribution < 1.29 is 9.32 Å². The number of carbonyl (C=O) groups is 1. The number of aromatic nitrogens is 4. The quantitative estimate of drug-likeness (QED) is 0.752. The molecule has 0 aliphatic carbocycles. The van der Waals surface area contributed by atoms with E-state index in [1.165, 1.54) is 22.2 Å². The summed E-state index contributed by atoms with van der Waals surface area (Å²) in [4.78, 5) is 37.2. The number of aryl methyl sites for hydroxylation is 4. The minimum Gasteiger partial charge on any atom is -0.359 e. The van der Waals surface area contributed by atoms with Crippen molar-refractivity contribution in [3.8, 4) is 0 Å². The number of rotatable bonds is 3. The van der Waals surface area contributed by atoms with E-state index in [2.05, 4.69) is 10.5 Å². The molecule has 0 fully saturated rings. The molecule has 0 aliphatic heterocycles. The van der Waals surface area contributed by atoms with Crippen LogP contribution in [0.1, 0.15) is 28.9 Å². The van der Waals surface area contributed by atoms with Crippen LogP contribution in [0.3, 0.4) is 0 Å². The topological polar surface area (TPSA) is 104 Å². The average Bonchev–Trinajstić information content (AvgIpc) is 3.11. The van der Waals surface area contributed by atoms with Crippen LogP contribution in [0.15, 0.2) is 20.2 Å². The second-order valence-electron chi connectivity index (χ2n) is 5.90. The Kier molecular flexibility index (Phi) is 3.86. The van der Waals surface area contributed by atoms with Gasteiger partial charge in [0.15, 0.2) is 5.76 Å². The summed E-state index contributed by atoms with van der Waals surface area (Å²) in [7, 11) is 4.60. The van der Waals surface area contributed by atoms with Crippen LogP contribution in [0, 0.1) is 6.92 Å². The van der Waals surface area contributed by atoms with Gasteiger partial charge in [0.1, 0.15) is 22.7 Å². The molecule has 0 aromatic carbocycles. The van der Waals surface area contributed by atoms with Gasteiger partial charge in [-0.25, -0.2) is 4.79 Å². The minimum atomic E-state index is -0.450. The Labute approximate surface area is 142 Å². The molecular formula is C16H19N5O4. The first kappa shape index (κ1) is 16.7. The van der Waals surface area contributed by atoms with E-state index in [9.17, 15) is 14.4 Å². The van der Waals surface area contributed by atoms with Crippen LogP contribution in [0.25, 0.3) is 11.0 Å². The lowest BCUT2D eigenvalue weighted by atomic mass is 10.2. The van der Waals surface area contributed by atoms with E-state index in [-0.39, 0.29) is 5.69 Å². The Hall–Kier alpha value is -3.10. The molecule has 0 saturated heterocycles. The van der Waals surface area contributed by atoms with Crippen LogP contribution in [-0.2, 0) is 27.6 Å². The Morgan fingerprint density at radius 3 is 2.52 bits per heavy atom. The Balaban J connectivity index is 2.15. The van der Waals surface area contributed by atoms with Gasteiger partial charge in [-0.05, 0) is 19.4 Å². The fourth-order valence-corrected chi connectivity index (χ4v) is 2.95. The predicted octanol–water partition coefficient (Wildman–Crippen LogP) is 0.687. The number of carbonyl (C=O) groups excluding carboxylic acids is 1. The number of nitrogens with one attached hydrogen (secondary N) is 1. The van der Waals surface area contributed by atoms with Gasteiger partial charge in [0.25, 0.3) is 11.5 Å². The normalized spacial score (nSPS) is 11.2. The van der Waals surface area contributed by atoms with Crippen LogP contribution in [-0.4, -0.2) is 24.8 Å². The van der Waals surface area contributed by atoms with Crippen molar-refractivity contribution >= 4 is 22.6 Å². The summed E-state index contributed by atoms with van der Waals surface area (Å²) in [6.45, 7) is 3.62. The Bertz CT molecular complexity index is 1110. The lowest BCUT2D eigenvalue weighted by molar-refractivity contribution is 0.101. The summed E-state index contributed by atoms with van der Waals surface area (Å²) >= 11 is 0. The van der Waals surface area contributed by atoms with E-state index >= 15 is 0 Å². The highest BCUT2D eigenvalue weighted by Crippen LogP contribution is 2.22. The highest BCUT2D eigenvalue weighted by molar-refractivity contribution is 6.06. The highest BCUT2D eigenvalue weighted by Gasteiger charge is 2.21. The summed E-state index contributed by atoms with van der Waals surface area (Å²) in [5.41, 5.74) is 0.927. The van der Waals surface area contributed by atoms with E-state index in [1.54, 1.807) is 21.0 Å². The van der Waals surface area contributed by atoms with E-state index < -0.39 is 17.2 Å². The fraction of sp³-hybridized carbons (Fsp3) is 0.375. The predicted molar refractivity (Wildman–Crippen MR) is 92.0 cm³/mol. The zero-order chi connectivity index (χ0) is 18.5. The molecule has 132 valence electrons. The molecule has 0 spiro atoms. The van der Waals surface area contributed by atoms with Gasteiger partial charge in [-0.15, -0.1) is 0 Å². The fourth-order valence-electron chi connectivity index (χ4n) is 2.95.